The average molecular weight is 231 g/mol. The van der Waals surface area contributed by atoms with Crippen molar-refractivity contribution in [2.45, 2.75) is 46.5 Å². The summed E-state index contributed by atoms with van der Waals surface area (Å²) >= 11 is 0. The Labute approximate surface area is 98.2 Å². The molecule has 0 rings (SSSR count). The second-order valence-corrected chi connectivity index (χ2v) is 3.10. The molecule has 0 aromatic carbocycles. The van der Waals surface area contributed by atoms with Gasteiger partial charge in [-0.3, -0.25) is 4.79 Å². The fourth-order valence-electron chi connectivity index (χ4n) is 0.954. The molecule has 0 fully saturated rings. The quantitative estimate of drug-likeness (QED) is 0.578. The van der Waals surface area contributed by atoms with Crippen LogP contribution < -0.4 is 16.4 Å². The van der Waals surface area contributed by atoms with Crippen LogP contribution in [0.15, 0.2) is 0 Å². The third kappa shape index (κ3) is 15.2. The fraction of sp³-hybridized carbons (Fsp3) is 0.818. The standard InChI is InChI=1S/C9H19N3O2.C2H6/c1-2-3-6-11-8(13)5-4-7-12-9(10)14;1-2/h2-7H2,1H3,(H,11,13)(H3,10,12,14);1-2H3. The predicted octanol–water partition coefficient (Wildman–Crippen LogP) is 1.38. The van der Waals surface area contributed by atoms with E-state index in [1.54, 1.807) is 0 Å². The maximum atomic E-state index is 11.1. The minimum absolute atomic E-state index is 0.0321. The Morgan fingerprint density at radius 3 is 2.12 bits per heavy atom. The minimum atomic E-state index is -0.545. The number of carbonyl (C=O) groups excluding carboxylic acids is 2. The first-order valence-electron chi connectivity index (χ1n) is 5.96. The van der Waals surface area contributed by atoms with Gasteiger partial charge < -0.3 is 16.4 Å². The molecule has 0 aromatic heterocycles. The van der Waals surface area contributed by atoms with E-state index in [1.807, 2.05) is 13.8 Å². The van der Waals surface area contributed by atoms with Crippen molar-refractivity contribution in [1.29, 1.82) is 0 Å². The van der Waals surface area contributed by atoms with Crippen molar-refractivity contribution in [2.24, 2.45) is 5.73 Å². The number of urea groups is 1. The van der Waals surface area contributed by atoms with Gasteiger partial charge in [0, 0.05) is 19.5 Å². The van der Waals surface area contributed by atoms with E-state index in [1.165, 1.54) is 0 Å². The first-order valence-corrected chi connectivity index (χ1v) is 5.96. The van der Waals surface area contributed by atoms with Gasteiger partial charge in [0.25, 0.3) is 0 Å². The third-order valence-electron chi connectivity index (χ3n) is 1.73. The highest BCUT2D eigenvalue weighted by atomic mass is 16.2. The molecule has 0 saturated heterocycles. The summed E-state index contributed by atoms with van der Waals surface area (Å²) in [6.07, 6.45) is 3.14. The van der Waals surface area contributed by atoms with Crippen molar-refractivity contribution in [3.8, 4) is 0 Å². The van der Waals surface area contributed by atoms with E-state index in [-0.39, 0.29) is 5.91 Å². The molecular weight excluding hydrogens is 206 g/mol. The van der Waals surface area contributed by atoms with E-state index in [0.717, 1.165) is 19.4 Å². The molecule has 0 aliphatic heterocycles. The highest BCUT2D eigenvalue weighted by Crippen LogP contribution is 1.88. The molecule has 0 radical (unpaired) electrons. The monoisotopic (exact) mass is 231 g/mol. The zero-order valence-electron chi connectivity index (χ0n) is 10.6. The van der Waals surface area contributed by atoms with Crippen LogP contribution in [0.5, 0.6) is 0 Å². The Morgan fingerprint density at radius 2 is 1.62 bits per heavy atom. The van der Waals surface area contributed by atoms with Crippen LogP contribution in [0.1, 0.15) is 46.5 Å². The van der Waals surface area contributed by atoms with Crippen molar-refractivity contribution >= 4 is 11.9 Å². The number of unbranched alkanes of at least 4 members (excludes halogenated alkanes) is 1. The first kappa shape index (κ1) is 17.1. The highest BCUT2D eigenvalue weighted by Gasteiger charge is 1.99. The van der Waals surface area contributed by atoms with Gasteiger partial charge in [0.15, 0.2) is 0 Å². The molecule has 0 aliphatic rings. The van der Waals surface area contributed by atoms with Crippen molar-refractivity contribution in [3.05, 3.63) is 0 Å². The Kier molecular flexibility index (Phi) is 14.7. The number of rotatable bonds is 7. The summed E-state index contributed by atoms with van der Waals surface area (Å²) in [6.45, 7) is 7.26. The Hall–Kier alpha value is -1.26. The lowest BCUT2D eigenvalue weighted by molar-refractivity contribution is -0.121. The van der Waals surface area contributed by atoms with Crippen LogP contribution in [0.3, 0.4) is 0 Å². The molecule has 0 aliphatic carbocycles. The Balaban J connectivity index is 0. The van der Waals surface area contributed by atoms with Gasteiger partial charge in [-0.2, -0.15) is 0 Å². The Morgan fingerprint density at radius 1 is 1.06 bits per heavy atom. The summed E-state index contributed by atoms with van der Waals surface area (Å²) in [5.41, 5.74) is 4.86. The number of nitrogens with one attached hydrogen (secondary N) is 2. The number of nitrogens with two attached hydrogens (primary N) is 1. The van der Waals surface area contributed by atoms with Gasteiger partial charge in [-0.25, -0.2) is 4.79 Å². The van der Waals surface area contributed by atoms with Crippen molar-refractivity contribution in [1.82, 2.24) is 10.6 Å². The maximum Gasteiger partial charge on any atom is 0.312 e. The normalized spacial score (nSPS) is 8.69. The van der Waals surface area contributed by atoms with Crippen LogP contribution in [0, 0.1) is 0 Å². The molecule has 0 saturated carbocycles. The van der Waals surface area contributed by atoms with Crippen LogP contribution in [0.2, 0.25) is 0 Å². The number of carbonyl (C=O) groups is 2. The van der Waals surface area contributed by atoms with Crippen molar-refractivity contribution in [3.63, 3.8) is 0 Å². The van der Waals surface area contributed by atoms with Gasteiger partial charge in [0.05, 0.1) is 0 Å². The number of hydrogen-bond donors (Lipinski definition) is 3. The lowest BCUT2D eigenvalue weighted by Crippen LogP contribution is -2.31. The van der Waals surface area contributed by atoms with Crippen LogP contribution in [0.25, 0.3) is 0 Å². The van der Waals surface area contributed by atoms with Gasteiger partial charge >= 0.3 is 6.03 Å². The number of amides is 3. The van der Waals surface area contributed by atoms with Crippen LogP contribution in [-0.4, -0.2) is 25.0 Å². The SMILES string of the molecule is CC.CCCCNC(=O)CCCNC(N)=O. The zero-order valence-corrected chi connectivity index (χ0v) is 10.6. The zero-order chi connectivity index (χ0) is 12.8. The molecular formula is C11H25N3O2. The molecule has 16 heavy (non-hydrogen) atoms. The van der Waals surface area contributed by atoms with E-state index in [9.17, 15) is 9.59 Å². The van der Waals surface area contributed by atoms with Crippen molar-refractivity contribution in [2.75, 3.05) is 13.1 Å². The molecule has 3 amide bonds. The molecule has 0 unspecified atom stereocenters. The highest BCUT2D eigenvalue weighted by molar-refractivity contribution is 5.76. The van der Waals surface area contributed by atoms with Gasteiger partial charge in [-0.05, 0) is 12.8 Å². The second-order valence-electron chi connectivity index (χ2n) is 3.10. The molecule has 5 nitrogen and oxygen atoms in total. The molecule has 0 spiro atoms. The second kappa shape index (κ2) is 13.7. The molecule has 96 valence electrons. The van der Waals surface area contributed by atoms with Gasteiger partial charge in [-0.15, -0.1) is 0 Å². The smallest absolute Gasteiger partial charge is 0.312 e. The summed E-state index contributed by atoms with van der Waals surface area (Å²) in [7, 11) is 0. The summed E-state index contributed by atoms with van der Waals surface area (Å²) in [6, 6.07) is -0.545. The van der Waals surface area contributed by atoms with Crippen LogP contribution >= 0.6 is 0 Å². The van der Waals surface area contributed by atoms with E-state index < -0.39 is 6.03 Å². The molecule has 0 aromatic rings. The third-order valence-corrected chi connectivity index (χ3v) is 1.73. The average Bonchev–Trinajstić information content (AvgIpc) is 2.27. The molecule has 5 heteroatoms. The summed E-state index contributed by atoms with van der Waals surface area (Å²) in [5.74, 6) is 0.0321. The maximum absolute atomic E-state index is 11.1. The largest absolute Gasteiger partial charge is 0.356 e. The predicted molar refractivity (Wildman–Crippen MR) is 66.1 cm³/mol. The summed E-state index contributed by atoms with van der Waals surface area (Å²) in [5, 5.41) is 5.22. The first-order chi connectivity index (χ1) is 7.66. The summed E-state index contributed by atoms with van der Waals surface area (Å²) in [4.78, 5) is 21.4. The number of primary amides is 1. The lowest BCUT2D eigenvalue weighted by Gasteiger charge is -2.04. The topological polar surface area (TPSA) is 84.2 Å². The van der Waals surface area contributed by atoms with E-state index >= 15 is 0 Å². The summed E-state index contributed by atoms with van der Waals surface area (Å²) < 4.78 is 0. The van der Waals surface area contributed by atoms with Crippen molar-refractivity contribution < 1.29 is 9.59 Å². The number of hydrogen-bond acceptors (Lipinski definition) is 2. The minimum Gasteiger partial charge on any atom is -0.356 e. The molecule has 0 heterocycles. The van der Waals surface area contributed by atoms with E-state index in [2.05, 4.69) is 17.6 Å². The van der Waals surface area contributed by atoms with Crippen LogP contribution in [0.4, 0.5) is 4.79 Å². The van der Waals surface area contributed by atoms with Crippen LogP contribution in [-0.2, 0) is 4.79 Å². The lowest BCUT2D eigenvalue weighted by atomic mass is 10.3. The van der Waals surface area contributed by atoms with E-state index in [0.29, 0.717) is 19.4 Å². The fourth-order valence-corrected chi connectivity index (χ4v) is 0.954. The van der Waals surface area contributed by atoms with Gasteiger partial charge in [0.1, 0.15) is 0 Å². The van der Waals surface area contributed by atoms with Gasteiger partial charge in [0.2, 0.25) is 5.91 Å². The molecule has 4 N–H and O–H groups in total. The Bertz CT molecular complexity index is 184. The van der Waals surface area contributed by atoms with Gasteiger partial charge in [-0.1, -0.05) is 27.2 Å². The van der Waals surface area contributed by atoms with E-state index in [4.69, 9.17) is 5.73 Å². The molecule has 0 bridgehead atoms. The molecule has 0 atom stereocenters.